The summed E-state index contributed by atoms with van der Waals surface area (Å²) >= 11 is 0. The summed E-state index contributed by atoms with van der Waals surface area (Å²) in [6, 6.07) is 12.2. The Morgan fingerprint density at radius 2 is 1.87 bits per heavy atom. The lowest BCUT2D eigenvalue weighted by molar-refractivity contribution is -0.00545. The molecule has 0 spiro atoms. The van der Waals surface area contributed by atoms with Crippen LogP contribution in [0.5, 0.6) is 5.75 Å². The van der Waals surface area contributed by atoms with E-state index in [2.05, 4.69) is 58.4 Å². The number of benzene rings is 1. The number of hydrogen-bond donors (Lipinski definition) is 2. The number of nitrogens with zero attached hydrogens (tertiary/aromatic N) is 3. The van der Waals surface area contributed by atoms with E-state index in [1.165, 1.54) is 5.56 Å². The number of ether oxygens (including phenoxy) is 2. The van der Waals surface area contributed by atoms with Gasteiger partial charge in [0.05, 0.1) is 18.8 Å². The molecular formula is C23H33N5O2. The van der Waals surface area contributed by atoms with E-state index in [4.69, 9.17) is 9.47 Å². The first-order chi connectivity index (χ1) is 14.5. The molecule has 7 nitrogen and oxygen atoms in total. The number of anilines is 1. The van der Waals surface area contributed by atoms with Crippen molar-refractivity contribution in [1.29, 1.82) is 0 Å². The predicted octanol–water partition coefficient (Wildman–Crippen LogP) is 2.75. The highest BCUT2D eigenvalue weighted by Crippen LogP contribution is 2.18. The molecule has 1 fully saturated rings. The topological polar surface area (TPSA) is 71.0 Å². The van der Waals surface area contributed by atoms with Crippen molar-refractivity contribution in [2.45, 2.75) is 39.5 Å². The van der Waals surface area contributed by atoms with Gasteiger partial charge >= 0.3 is 0 Å². The maximum absolute atomic E-state index is 5.80. The largest absolute Gasteiger partial charge is 0.492 e. The fourth-order valence-corrected chi connectivity index (χ4v) is 3.45. The SMILES string of the molecule is CN=C(NCCOc1ccc(C)cc1)NCc1ccc(N2CC(C)OC(C)C2)nc1. The first kappa shape index (κ1) is 21.9. The van der Waals surface area contributed by atoms with Crippen molar-refractivity contribution in [3.05, 3.63) is 53.7 Å². The number of guanidine groups is 1. The van der Waals surface area contributed by atoms with E-state index >= 15 is 0 Å². The van der Waals surface area contributed by atoms with Gasteiger partial charge < -0.3 is 25.0 Å². The molecule has 0 radical (unpaired) electrons. The lowest BCUT2D eigenvalue weighted by Gasteiger charge is -2.36. The van der Waals surface area contributed by atoms with Crippen molar-refractivity contribution in [1.82, 2.24) is 15.6 Å². The monoisotopic (exact) mass is 411 g/mol. The van der Waals surface area contributed by atoms with E-state index in [1.807, 2.05) is 30.5 Å². The zero-order chi connectivity index (χ0) is 21.3. The fourth-order valence-electron chi connectivity index (χ4n) is 3.45. The van der Waals surface area contributed by atoms with Crippen LogP contribution in [0.4, 0.5) is 5.82 Å². The number of nitrogens with one attached hydrogen (secondary N) is 2. The summed E-state index contributed by atoms with van der Waals surface area (Å²) in [6.07, 6.45) is 2.36. The van der Waals surface area contributed by atoms with Gasteiger partial charge in [0.15, 0.2) is 5.96 Å². The number of aryl methyl sites for hydroxylation is 1. The molecule has 0 saturated carbocycles. The summed E-state index contributed by atoms with van der Waals surface area (Å²) in [4.78, 5) is 11.2. The third-order valence-electron chi connectivity index (χ3n) is 4.92. The first-order valence-electron chi connectivity index (χ1n) is 10.5. The summed E-state index contributed by atoms with van der Waals surface area (Å²) in [5.41, 5.74) is 2.33. The van der Waals surface area contributed by atoms with Crippen LogP contribution in [0, 0.1) is 6.92 Å². The third kappa shape index (κ3) is 6.62. The molecule has 7 heteroatoms. The smallest absolute Gasteiger partial charge is 0.191 e. The molecule has 3 rings (SSSR count). The van der Waals surface area contributed by atoms with Gasteiger partial charge in [0, 0.05) is 32.9 Å². The Morgan fingerprint density at radius 3 is 2.50 bits per heavy atom. The average Bonchev–Trinajstić information content (AvgIpc) is 2.74. The summed E-state index contributed by atoms with van der Waals surface area (Å²) in [5, 5.41) is 6.58. The molecule has 1 aliphatic heterocycles. The summed E-state index contributed by atoms with van der Waals surface area (Å²) < 4.78 is 11.5. The van der Waals surface area contributed by atoms with Crippen LogP contribution in [-0.4, -0.2) is 56.4 Å². The number of pyridine rings is 1. The Morgan fingerprint density at radius 1 is 1.13 bits per heavy atom. The second-order valence-corrected chi connectivity index (χ2v) is 7.70. The molecule has 0 bridgehead atoms. The van der Waals surface area contributed by atoms with Gasteiger partial charge in [-0.05, 0) is 44.5 Å². The second kappa shape index (κ2) is 10.8. The minimum atomic E-state index is 0.223. The lowest BCUT2D eigenvalue weighted by atomic mass is 10.2. The summed E-state index contributed by atoms with van der Waals surface area (Å²) in [7, 11) is 1.76. The second-order valence-electron chi connectivity index (χ2n) is 7.70. The molecule has 2 N–H and O–H groups in total. The Kier molecular flexibility index (Phi) is 7.90. The molecule has 1 saturated heterocycles. The minimum Gasteiger partial charge on any atom is -0.492 e. The predicted molar refractivity (Wildman–Crippen MR) is 121 cm³/mol. The van der Waals surface area contributed by atoms with Crippen LogP contribution in [-0.2, 0) is 11.3 Å². The number of hydrogen-bond acceptors (Lipinski definition) is 5. The van der Waals surface area contributed by atoms with E-state index in [1.54, 1.807) is 7.05 Å². The summed E-state index contributed by atoms with van der Waals surface area (Å²) in [6.45, 7) is 9.90. The van der Waals surface area contributed by atoms with Gasteiger partial charge in [-0.15, -0.1) is 0 Å². The molecular weight excluding hydrogens is 378 g/mol. The van der Waals surface area contributed by atoms with Crippen molar-refractivity contribution >= 4 is 11.8 Å². The molecule has 162 valence electrons. The number of aromatic nitrogens is 1. The van der Waals surface area contributed by atoms with Crippen molar-refractivity contribution < 1.29 is 9.47 Å². The van der Waals surface area contributed by atoms with Gasteiger partial charge in [-0.1, -0.05) is 23.8 Å². The standard InChI is InChI=1S/C23H33N5O2/c1-17-5-8-21(9-6-17)29-12-11-25-23(24-4)27-14-20-7-10-22(26-13-20)28-15-18(2)30-19(3)16-28/h5-10,13,18-19H,11-12,14-16H2,1-4H3,(H2,24,25,27). The Balaban J connectivity index is 1.40. The first-order valence-corrected chi connectivity index (χ1v) is 10.5. The molecule has 1 aromatic carbocycles. The number of rotatable bonds is 7. The zero-order valence-corrected chi connectivity index (χ0v) is 18.4. The number of aliphatic imine (C=N–C) groups is 1. The van der Waals surface area contributed by atoms with Gasteiger partial charge in [-0.25, -0.2) is 4.98 Å². The zero-order valence-electron chi connectivity index (χ0n) is 18.4. The van der Waals surface area contributed by atoms with E-state index in [-0.39, 0.29) is 12.2 Å². The van der Waals surface area contributed by atoms with Crippen LogP contribution < -0.4 is 20.3 Å². The van der Waals surface area contributed by atoms with Crippen molar-refractivity contribution in [2.24, 2.45) is 4.99 Å². The van der Waals surface area contributed by atoms with Crippen LogP contribution >= 0.6 is 0 Å². The maximum Gasteiger partial charge on any atom is 0.191 e. The molecule has 2 aromatic rings. The maximum atomic E-state index is 5.80. The van der Waals surface area contributed by atoms with Crippen molar-refractivity contribution in [3.8, 4) is 5.75 Å². The van der Waals surface area contributed by atoms with Crippen molar-refractivity contribution in [3.63, 3.8) is 0 Å². The molecule has 0 amide bonds. The van der Waals surface area contributed by atoms with Crippen molar-refractivity contribution in [2.75, 3.05) is 38.2 Å². The van der Waals surface area contributed by atoms with Crippen LogP contribution in [0.15, 0.2) is 47.6 Å². The van der Waals surface area contributed by atoms with Gasteiger partial charge in [-0.3, -0.25) is 4.99 Å². The Bertz CT molecular complexity index is 797. The van der Waals surface area contributed by atoms with Gasteiger partial charge in [0.1, 0.15) is 18.2 Å². The molecule has 1 aromatic heterocycles. The van der Waals surface area contributed by atoms with E-state index in [9.17, 15) is 0 Å². The molecule has 30 heavy (non-hydrogen) atoms. The van der Waals surface area contributed by atoms with Gasteiger partial charge in [0.2, 0.25) is 0 Å². The molecule has 1 aliphatic rings. The normalized spacial score (nSPS) is 19.5. The Labute approximate surface area is 179 Å². The van der Waals surface area contributed by atoms with Gasteiger partial charge in [-0.2, -0.15) is 0 Å². The van der Waals surface area contributed by atoms with E-state index < -0.39 is 0 Å². The highest BCUT2D eigenvalue weighted by molar-refractivity contribution is 5.79. The van der Waals surface area contributed by atoms with Crippen LogP contribution in [0.1, 0.15) is 25.0 Å². The Hall–Kier alpha value is -2.80. The van der Waals surface area contributed by atoms with Crippen LogP contribution in [0.3, 0.4) is 0 Å². The summed E-state index contributed by atoms with van der Waals surface area (Å²) in [5.74, 6) is 2.61. The molecule has 2 unspecified atom stereocenters. The van der Waals surface area contributed by atoms with E-state index in [0.29, 0.717) is 19.7 Å². The minimum absolute atomic E-state index is 0.223. The van der Waals surface area contributed by atoms with Crippen LogP contribution in [0.25, 0.3) is 0 Å². The highest BCUT2D eigenvalue weighted by Gasteiger charge is 2.22. The highest BCUT2D eigenvalue weighted by atomic mass is 16.5. The quantitative estimate of drug-likeness (QED) is 0.415. The average molecular weight is 412 g/mol. The molecule has 2 atom stereocenters. The lowest BCUT2D eigenvalue weighted by Crippen LogP contribution is -2.45. The van der Waals surface area contributed by atoms with E-state index in [0.717, 1.165) is 36.2 Å². The third-order valence-corrected chi connectivity index (χ3v) is 4.92. The fraction of sp³-hybridized carbons (Fsp3) is 0.478. The number of morpholine rings is 1. The van der Waals surface area contributed by atoms with Crippen LogP contribution in [0.2, 0.25) is 0 Å². The van der Waals surface area contributed by atoms with Gasteiger partial charge in [0.25, 0.3) is 0 Å². The molecule has 0 aliphatic carbocycles. The molecule has 2 heterocycles.